The van der Waals surface area contributed by atoms with Gasteiger partial charge in [-0.3, -0.25) is 4.72 Å². The van der Waals surface area contributed by atoms with Gasteiger partial charge in [-0.2, -0.15) is 0 Å². The van der Waals surface area contributed by atoms with E-state index < -0.39 is 27.3 Å². The molecule has 7 heteroatoms. The zero-order chi connectivity index (χ0) is 15.8. The van der Waals surface area contributed by atoms with Crippen LogP contribution in [0.15, 0.2) is 35.2 Å². The lowest BCUT2D eigenvalue weighted by Gasteiger charge is -2.12. The van der Waals surface area contributed by atoms with Crippen molar-refractivity contribution in [1.82, 2.24) is 0 Å². The Kier molecular flexibility index (Phi) is 3.87. The quantitative estimate of drug-likeness (QED) is 0.856. The molecule has 0 radical (unpaired) electrons. The Morgan fingerprint density at radius 1 is 1.05 bits per heavy atom. The summed E-state index contributed by atoms with van der Waals surface area (Å²) in [5.41, 5.74) is 6.02. The third-order valence-corrected chi connectivity index (χ3v) is 4.48. The van der Waals surface area contributed by atoms with E-state index in [4.69, 9.17) is 5.73 Å². The van der Waals surface area contributed by atoms with Gasteiger partial charge in [0, 0.05) is 6.07 Å². The van der Waals surface area contributed by atoms with Crippen molar-refractivity contribution < 1.29 is 17.2 Å². The summed E-state index contributed by atoms with van der Waals surface area (Å²) in [6, 6.07) is 6.21. The van der Waals surface area contributed by atoms with E-state index >= 15 is 0 Å². The highest BCUT2D eigenvalue weighted by Gasteiger charge is 2.19. The minimum absolute atomic E-state index is 0.0235. The second-order valence-electron chi connectivity index (χ2n) is 4.73. The van der Waals surface area contributed by atoms with Gasteiger partial charge in [0.05, 0.1) is 16.3 Å². The normalized spacial score (nSPS) is 11.4. The third-order valence-electron chi connectivity index (χ3n) is 2.95. The van der Waals surface area contributed by atoms with Crippen molar-refractivity contribution in [2.45, 2.75) is 18.7 Å². The number of aryl methyl sites for hydroxylation is 2. The van der Waals surface area contributed by atoms with Crippen molar-refractivity contribution in [2.24, 2.45) is 0 Å². The highest BCUT2D eigenvalue weighted by molar-refractivity contribution is 7.92. The number of halogens is 2. The minimum Gasteiger partial charge on any atom is -0.396 e. The van der Waals surface area contributed by atoms with Gasteiger partial charge in [0.15, 0.2) is 0 Å². The fourth-order valence-electron chi connectivity index (χ4n) is 1.94. The summed E-state index contributed by atoms with van der Waals surface area (Å²) in [6.45, 7) is 3.47. The van der Waals surface area contributed by atoms with Crippen LogP contribution < -0.4 is 10.5 Å². The molecule has 0 atom stereocenters. The maximum Gasteiger partial charge on any atom is 0.262 e. The molecule has 4 nitrogen and oxygen atoms in total. The van der Waals surface area contributed by atoms with E-state index in [1.165, 1.54) is 6.07 Å². The lowest BCUT2D eigenvalue weighted by molar-refractivity contribution is 0.585. The Hall–Kier alpha value is -2.15. The Morgan fingerprint density at radius 3 is 2.33 bits per heavy atom. The molecule has 0 unspecified atom stereocenters. The third kappa shape index (κ3) is 3.13. The first kappa shape index (κ1) is 15.2. The molecule has 112 valence electrons. The monoisotopic (exact) mass is 312 g/mol. The van der Waals surface area contributed by atoms with E-state index in [1.807, 2.05) is 6.92 Å². The molecule has 2 aromatic rings. The molecule has 0 spiro atoms. The molecule has 0 amide bonds. The van der Waals surface area contributed by atoms with Crippen LogP contribution in [-0.2, 0) is 10.0 Å². The van der Waals surface area contributed by atoms with Crippen molar-refractivity contribution in [1.29, 1.82) is 0 Å². The van der Waals surface area contributed by atoms with Gasteiger partial charge in [0.1, 0.15) is 11.6 Å². The number of sulfonamides is 1. The summed E-state index contributed by atoms with van der Waals surface area (Å²) in [5, 5.41) is 0. The molecule has 0 saturated carbocycles. The first-order valence-electron chi connectivity index (χ1n) is 6.05. The Bertz CT molecular complexity index is 805. The van der Waals surface area contributed by atoms with Gasteiger partial charge in [-0.25, -0.2) is 17.2 Å². The van der Waals surface area contributed by atoms with Gasteiger partial charge >= 0.3 is 0 Å². The molecule has 2 aromatic carbocycles. The average molecular weight is 312 g/mol. The summed E-state index contributed by atoms with van der Waals surface area (Å²) in [5.74, 6) is -1.97. The molecule has 0 saturated heterocycles. The topological polar surface area (TPSA) is 72.2 Å². The van der Waals surface area contributed by atoms with Crippen LogP contribution in [0.5, 0.6) is 0 Å². The first-order valence-corrected chi connectivity index (χ1v) is 7.53. The molecule has 0 fully saturated rings. The van der Waals surface area contributed by atoms with Crippen LogP contribution in [-0.4, -0.2) is 8.42 Å². The van der Waals surface area contributed by atoms with Crippen LogP contribution in [0.4, 0.5) is 20.2 Å². The molecule has 0 aliphatic carbocycles. The number of rotatable bonds is 3. The summed E-state index contributed by atoms with van der Waals surface area (Å²) in [6.07, 6.45) is 0. The molecule has 0 aliphatic heterocycles. The number of anilines is 2. The van der Waals surface area contributed by atoms with Crippen molar-refractivity contribution in [2.75, 3.05) is 10.5 Å². The fraction of sp³-hybridized carbons (Fsp3) is 0.143. The predicted molar refractivity (Wildman–Crippen MR) is 77.5 cm³/mol. The second kappa shape index (κ2) is 5.33. The van der Waals surface area contributed by atoms with Gasteiger partial charge in [-0.1, -0.05) is 17.7 Å². The smallest absolute Gasteiger partial charge is 0.262 e. The summed E-state index contributed by atoms with van der Waals surface area (Å²) < 4.78 is 53.3. The highest BCUT2D eigenvalue weighted by Crippen LogP contribution is 2.25. The van der Waals surface area contributed by atoms with Crippen LogP contribution in [0.2, 0.25) is 0 Å². The standard InChI is InChI=1S/C14H14F2N2O2S/c1-8-3-4-14(9(2)5-8)21(19,20)18-13-7-12(17)10(15)6-11(13)16/h3-7,18H,17H2,1-2H3. The average Bonchev–Trinajstić information content (AvgIpc) is 2.35. The molecule has 0 aromatic heterocycles. The molecule has 0 bridgehead atoms. The van der Waals surface area contributed by atoms with E-state index in [-0.39, 0.29) is 10.6 Å². The van der Waals surface area contributed by atoms with E-state index in [9.17, 15) is 17.2 Å². The predicted octanol–water partition coefficient (Wildman–Crippen LogP) is 2.96. The summed E-state index contributed by atoms with van der Waals surface area (Å²) >= 11 is 0. The van der Waals surface area contributed by atoms with Gasteiger partial charge in [-0.05, 0) is 31.5 Å². The van der Waals surface area contributed by atoms with E-state index in [2.05, 4.69) is 4.72 Å². The summed E-state index contributed by atoms with van der Waals surface area (Å²) in [7, 11) is -3.98. The zero-order valence-corrected chi connectivity index (χ0v) is 12.3. The number of hydrogen-bond donors (Lipinski definition) is 2. The molecular weight excluding hydrogens is 298 g/mol. The molecule has 21 heavy (non-hydrogen) atoms. The van der Waals surface area contributed by atoms with Gasteiger partial charge < -0.3 is 5.73 Å². The number of nitrogens with two attached hydrogens (primary N) is 1. The fourth-order valence-corrected chi connectivity index (χ4v) is 3.23. The van der Waals surface area contributed by atoms with Crippen molar-refractivity contribution in [3.05, 3.63) is 53.1 Å². The van der Waals surface area contributed by atoms with Crippen molar-refractivity contribution in [3.63, 3.8) is 0 Å². The zero-order valence-electron chi connectivity index (χ0n) is 11.4. The minimum atomic E-state index is -3.98. The van der Waals surface area contributed by atoms with E-state index in [1.54, 1.807) is 19.1 Å². The number of nitrogens with one attached hydrogen (secondary N) is 1. The Balaban J connectivity index is 2.45. The SMILES string of the molecule is Cc1ccc(S(=O)(=O)Nc2cc(N)c(F)cc2F)c(C)c1. The molecule has 0 heterocycles. The van der Waals surface area contributed by atoms with Crippen LogP contribution in [0, 0.1) is 25.5 Å². The number of hydrogen-bond acceptors (Lipinski definition) is 3. The van der Waals surface area contributed by atoms with E-state index in [0.29, 0.717) is 11.6 Å². The summed E-state index contributed by atoms with van der Waals surface area (Å²) in [4.78, 5) is 0.0235. The van der Waals surface area contributed by atoms with Gasteiger partial charge in [-0.15, -0.1) is 0 Å². The molecule has 2 rings (SSSR count). The molecular formula is C14H14F2N2O2S. The number of benzene rings is 2. The largest absolute Gasteiger partial charge is 0.396 e. The van der Waals surface area contributed by atoms with Crippen molar-refractivity contribution in [3.8, 4) is 0 Å². The van der Waals surface area contributed by atoms with Gasteiger partial charge in [0.25, 0.3) is 10.0 Å². The van der Waals surface area contributed by atoms with E-state index in [0.717, 1.165) is 11.6 Å². The lowest BCUT2D eigenvalue weighted by Crippen LogP contribution is -2.15. The Morgan fingerprint density at radius 2 is 1.71 bits per heavy atom. The van der Waals surface area contributed by atoms with Crippen LogP contribution in [0.1, 0.15) is 11.1 Å². The molecule has 0 aliphatic rings. The second-order valence-corrected chi connectivity index (χ2v) is 6.38. The number of nitrogen functional groups attached to an aromatic ring is 1. The maximum atomic E-state index is 13.6. The van der Waals surface area contributed by atoms with Gasteiger partial charge in [0.2, 0.25) is 0 Å². The van der Waals surface area contributed by atoms with Crippen LogP contribution >= 0.6 is 0 Å². The van der Waals surface area contributed by atoms with Crippen molar-refractivity contribution >= 4 is 21.4 Å². The lowest BCUT2D eigenvalue weighted by atomic mass is 10.2. The Labute approximate surface area is 121 Å². The first-order chi connectivity index (χ1) is 9.70. The van der Waals surface area contributed by atoms with Crippen LogP contribution in [0.3, 0.4) is 0 Å². The van der Waals surface area contributed by atoms with Crippen LogP contribution in [0.25, 0.3) is 0 Å². The molecule has 3 N–H and O–H groups in total. The highest BCUT2D eigenvalue weighted by atomic mass is 32.2. The maximum absolute atomic E-state index is 13.6.